The zero-order valence-electron chi connectivity index (χ0n) is 12.0. The van der Waals surface area contributed by atoms with Crippen molar-refractivity contribution in [1.82, 2.24) is 4.90 Å². The van der Waals surface area contributed by atoms with Gasteiger partial charge in [0.2, 0.25) is 0 Å². The number of ether oxygens (including phenoxy) is 1. The molecule has 3 heteroatoms. The summed E-state index contributed by atoms with van der Waals surface area (Å²) in [4.78, 5) is 2.40. The molecule has 0 aromatic heterocycles. The van der Waals surface area contributed by atoms with Crippen LogP contribution in [0.1, 0.15) is 24.8 Å². The molecule has 1 aliphatic rings. The zero-order valence-corrected chi connectivity index (χ0v) is 12.0. The Kier molecular flexibility index (Phi) is 5.67. The van der Waals surface area contributed by atoms with Gasteiger partial charge >= 0.3 is 0 Å². The van der Waals surface area contributed by atoms with Gasteiger partial charge in [-0.25, -0.2) is 0 Å². The molecular formula is C16H26N2O. The minimum atomic E-state index is 0.677. The van der Waals surface area contributed by atoms with E-state index in [4.69, 9.17) is 10.5 Å². The van der Waals surface area contributed by atoms with Crippen LogP contribution in [0.2, 0.25) is 0 Å². The molecule has 1 heterocycles. The summed E-state index contributed by atoms with van der Waals surface area (Å²) in [7, 11) is 2.19. The summed E-state index contributed by atoms with van der Waals surface area (Å²) in [5.74, 6) is 1.67. The molecule has 0 amide bonds. The number of rotatable bonds is 6. The van der Waals surface area contributed by atoms with E-state index in [-0.39, 0.29) is 0 Å². The lowest BCUT2D eigenvalue weighted by atomic mass is 9.99. The second-order valence-electron chi connectivity index (χ2n) is 5.62. The van der Waals surface area contributed by atoms with Crippen LogP contribution >= 0.6 is 0 Å². The van der Waals surface area contributed by atoms with Crippen LogP contribution in [0.5, 0.6) is 5.75 Å². The quantitative estimate of drug-likeness (QED) is 0.855. The highest BCUT2D eigenvalue weighted by atomic mass is 16.5. The van der Waals surface area contributed by atoms with Gasteiger partial charge in [0.1, 0.15) is 5.75 Å². The molecule has 0 radical (unpaired) electrons. The SMILES string of the molecule is CN1CCCC(COc2ccc(CCCN)cc2)C1. The predicted molar refractivity (Wildman–Crippen MR) is 79.5 cm³/mol. The second kappa shape index (κ2) is 7.51. The second-order valence-corrected chi connectivity index (χ2v) is 5.62. The molecule has 1 unspecified atom stereocenters. The van der Waals surface area contributed by atoms with Crippen molar-refractivity contribution in [3.63, 3.8) is 0 Å². The predicted octanol–water partition coefficient (Wildman–Crippen LogP) is 2.30. The van der Waals surface area contributed by atoms with Crippen molar-refractivity contribution >= 4 is 0 Å². The van der Waals surface area contributed by atoms with E-state index in [1.54, 1.807) is 0 Å². The number of nitrogens with two attached hydrogens (primary N) is 1. The smallest absolute Gasteiger partial charge is 0.119 e. The molecule has 19 heavy (non-hydrogen) atoms. The van der Waals surface area contributed by atoms with E-state index in [1.165, 1.54) is 24.9 Å². The van der Waals surface area contributed by atoms with E-state index in [0.29, 0.717) is 5.92 Å². The van der Waals surface area contributed by atoms with Crippen LogP contribution in [-0.2, 0) is 6.42 Å². The first kappa shape index (κ1) is 14.4. The number of hydrogen-bond donors (Lipinski definition) is 1. The highest BCUT2D eigenvalue weighted by molar-refractivity contribution is 5.27. The Morgan fingerprint density at radius 3 is 2.79 bits per heavy atom. The molecule has 1 saturated heterocycles. The Morgan fingerprint density at radius 2 is 2.11 bits per heavy atom. The third-order valence-corrected chi connectivity index (χ3v) is 3.80. The highest BCUT2D eigenvalue weighted by Crippen LogP contribution is 2.18. The summed E-state index contributed by atoms with van der Waals surface area (Å²) in [5.41, 5.74) is 6.86. The van der Waals surface area contributed by atoms with Crippen molar-refractivity contribution in [2.45, 2.75) is 25.7 Å². The Morgan fingerprint density at radius 1 is 1.32 bits per heavy atom. The first-order chi connectivity index (χ1) is 9.28. The normalized spacial score (nSPS) is 20.4. The van der Waals surface area contributed by atoms with Crippen LogP contribution in [0.4, 0.5) is 0 Å². The molecule has 2 N–H and O–H groups in total. The van der Waals surface area contributed by atoms with Gasteiger partial charge in [0.05, 0.1) is 6.61 Å². The van der Waals surface area contributed by atoms with Crippen LogP contribution in [0.3, 0.4) is 0 Å². The molecule has 1 aromatic carbocycles. The monoisotopic (exact) mass is 262 g/mol. The van der Waals surface area contributed by atoms with Gasteiger partial charge in [-0.3, -0.25) is 0 Å². The maximum Gasteiger partial charge on any atom is 0.119 e. The Hall–Kier alpha value is -1.06. The van der Waals surface area contributed by atoms with Gasteiger partial charge in [0.25, 0.3) is 0 Å². The van der Waals surface area contributed by atoms with Gasteiger partial charge in [-0.2, -0.15) is 0 Å². The van der Waals surface area contributed by atoms with E-state index >= 15 is 0 Å². The molecule has 0 bridgehead atoms. The number of benzene rings is 1. The van der Waals surface area contributed by atoms with Crippen molar-refractivity contribution in [3.8, 4) is 5.75 Å². The molecule has 1 aliphatic heterocycles. The van der Waals surface area contributed by atoms with Crippen LogP contribution in [0, 0.1) is 5.92 Å². The first-order valence-electron chi connectivity index (χ1n) is 7.38. The van der Waals surface area contributed by atoms with E-state index in [0.717, 1.165) is 38.3 Å². The van der Waals surface area contributed by atoms with E-state index in [2.05, 4.69) is 36.2 Å². The molecular weight excluding hydrogens is 236 g/mol. The van der Waals surface area contributed by atoms with E-state index in [1.807, 2.05) is 0 Å². The van der Waals surface area contributed by atoms with Crippen LogP contribution in [0.25, 0.3) is 0 Å². The van der Waals surface area contributed by atoms with Gasteiger partial charge in [-0.05, 0) is 63.5 Å². The maximum atomic E-state index is 5.90. The molecule has 2 rings (SSSR count). The third-order valence-electron chi connectivity index (χ3n) is 3.80. The van der Waals surface area contributed by atoms with Crippen molar-refractivity contribution in [1.29, 1.82) is 0 Å². The number of aryl methyl sites for hydroxylation is 1. The lowest BCUT2D eigenvalue weighted by Crippen LogP contribution is -2.34. The minimum Gasteiger partial charge on any atom is -0.493 e. The summed E-state index contributed by atoms with van der Waals surface area (Å²) in [6, 6.07) is 8.47. The Balaban J connectivity index is 1.76. The molecule has 3 nitrogen and oxygen atoms in total. The fourth-order valence-corrected chi connectivity index (χ4v) is 2.68. The summed E-state index contributed by atoms with van der Waals surface area (Å²) in [6.45, 7) is 3.99. The van der Waals surface area contributed by atoms with Gasteiger partial charge in [0.15, 0.2) is 0 Å². The molecule has 0 spiro atoms. The van der Waals surface area contributed by atoms with E-state index < -0.39 is 0 Å². The fourth-order valence-electron chi connectivity index (χ4n) is 2.68. The van der Waals surface area contributed by atoms with Crippen molar-refractivity contribution < 1.29 is 4.74 Å². The molecule has 1 atom stereocenters. The Bertz CT molecular complexity index is 364. The van der Waals surface area contributed by atoms with Crippen LogP contribution < -0.4 is 10.5 Å². The first-order valence-corrected chi connectivity index (χ1v) is 7.38. The standard InChI is InChI=1S/C16H26N2O/c1-18-11-3-5-15(12-18)13-19-16-8-6-14(7-9-16)4-2-10-17/h6-9,15H,2-5,10-13,17H2,1H3. The summed E-state index contributed by atoms with van der Waals surface area (Å²) >= 11 is 0. The van der Waals surface area contributed by atoms with E-state index in [9.17, 15) is 0 Å². The summed E-state index contributed by atoms with van der Waals surface area (Å²) in [6.07, 6.45) is 4.69. The zero-order chi connectivity index (χ0) is 13.5. The third kappa shape index (κ3) is 4.84. The van der Waals surface area contributed by atoms with Gasteiger partial charge < -0.3 is 15.4 Å². The summed E-state index contributed by atoms with van der Waals surface area (Å²) in [5, 5.41) is 0. The van der Waals surface area contributed by atoms with Gasteiger partial charge in [-0.1, -0.05) is 12.1 Å². The van der Waals surface area contributed by atoms with Crippen molar-refractivity contribution in [2.75, 3.05) is 33.3 Å². The number of hydrogen-bond acceptors (Lipinski definition) is 3. The van der Waals surface area contributed by atoms with Gasteiger partial charge in [0, 0.05) is 12.5 Å². The number of likely N-dealkylation sites (tertiary alicyclic amines) is 1. The molecule has 1 fully saturated rings. The van der Waals surface area contributed by atoms with Crippen molar-refractivity contribution in [3.05, 3.63) is 29.8 Å². The minimum absolute atomic E-state index is 0.677. The Labute approximate surface area is 116 Å². The molecule has 0 aliphatic carbocycles. The fraction of sp³-hybridized carbons (Fsp3) is 0.625. The van der Waals surface area contributed by atoms with Crippen LogP contribution in [0.15, 0.2) is 24.3 Å². The average Bonchev–Trinajstić information content (AvgIpc) is 2.44. The van der Waals surface area contributed by atoms with Gasteiger partial charge in [-0.15, -0.1) is 0 Å². The molecule has 1 aromatic rings. The number of piperidine rings is 1. The maximum absolute atomic E-state index is 5.90. The van der Waals surface area contributed by atoms with Crippen LogP contribution in [-0.4, -0.2) is 38.2 Å². The van der Waals surface area contributed by atoms with Crippen molar-refractivity contribution in [2.24, 2.45) is 11.7 Å². The average molecular weight is 262 g/mol. The largest absolute Gasteiger partial charge is 0.493 e. The lowest BCUT2D eigenvalue weighted by molar-refractivity contribution is 0.150. The molecule has 106 valence electrons. The lowest BCUT2D eigenvalue weighted by Gasteiger charge is -2.29. The number of nitrogens with zero attached hydrogens (tertiary/aromatic N) is 1. The topological polar surface area (TPSA) is 38.5 Å². The molecule has 0 saturated carbocycles. The highest BCUT2D eigenvalue weighted by Gasteiger charge is 2.17. The summed E-state index contributed by atoms with van der Waals surface area (Å²) < 4.78 is 5.90.